The largest absolute Gasteiger partial charge is 0.496 e. The van der Waals surface area contributed by atoms with Crippen molar-refractivity contribution in [1.29, 1.82) is 0 Å². The van der Waals surface area contributed by atoms with Crippen LogP contribution in [0.2, 0.25) is 0 Å². The molecule has 358 valence electrons. The van der Waals surface area contributed by atoms with Gasteiger partial charge in [-0.3, -0.25) is 30.0 Å². The number of carbonyl (C=O) groups excluding carboxylic acids is 3. The number of aryl methyl sites for hydroxylation is 2. The number of methoxy groups -OCH3 is 2. The average Bonchev–Trinajstić information content (AvgIpc) is 3.60. The molecule has 9 rings (SSSR count). The molecule has 68 heavy (non-hydrogen) atoms. The number of primary amides is 1. The van der Waals surface area contributed by atoms with E-state index in [2.05, 4.69) is 54.9 Å². The number of rotatable bonds is 13. The number of aliphatic hydroxyl groups excluding tert-OH is 1. The second-order valence-electron chi connectivity index (χ2n) is 17.6. The molecule has 4 amide bonds. The molecule has 0 saturated carbocycles. The van der Waals surface area contributed by atoms with E-state index < -0.39 is 23.9 Å². The summed E-state index contributed by atoms with van der Waals surface area (Å²) in [6.07, 6.45) is -2.88. The van der Waals surface area contributed by atoms with Crippen LogP contribution in [0.3, 0.4) is 0 Å². The number of anilines is 5. The number of amides is 4. The molecule has 4 aliphatic heterocycles. The maximum Gasteiger partial charge on any atom is 0.416 e. The number of imide groups is 1. The van der Waals surface area contributed by atoms with Crippen LogP contribution >= 0.6 is 0 Å². The van der Waals surface area contributed by atoms with E-state index in [1.807, 2.05) is 18.2 Å². The molecule has 1 unspecified atom stereocenters. The molecule has 0 spiro atoms. The minimum atomic E-state index is -4.59. The van der Waals surface area contributed by atoms with Crippen molar-refractivity contribution in [3.8, 4) is 22.8 Å². The van der Waals surface area contributed by atoms with Crippen molar-refractivity contribution < 1.29 is 42.1 Å². The number of nitrogens with zero attached hydrogens (tertiary/aromatic N) is 6. The summed E-state index contributed by atoms with van der Waals surface area (Å²) in [6, 6.07) is 22.1. The third-order valence-corrected chi connectivity index (χ3v) is 13.5. The smallest absolute Gasteiger partial charge is 0.416 e. The molecule has 4 aromatic carbocycles. The molecular formula is C49H55F3N10O6. The Labute approximate surface area is 391 Å². The number of piperazine rings is 1. The first-order valence-corrected chi connectivity index (χ1v) is 22.8. The number of piperidine rings is 1. The van der Waals surface area contributed by atoms with Gasteiger partial charge in [0.2, 0.25) is 5.91 Å². The third-order valence-electron chi connectivity index (χ3n) is 13.5. The van der Waals surface area contributed by atoms with Gasteiger partial charge >= 0.3 is 12.2 Å². The zero-order chi connectivity index (χ0) is 47.7. The summed E-state index contributed by atoms with van der Waals surface area (Å²) in [5, 5.41) is 24.4. The molecule has 19 heteroatoms. The number of nitrogens with one attached hydrogen (secondary N) is 3. The molecule has 1 atom stereocenters. The Hall–Kier alpha value is -6.83. The molecule has 0 aliphatic carbocycles. The first kappa shape index (κ1) is 46.3. The Morgan fingerprint density at radius 1 is 0.824 bits per heavy atom. The van der Waals surface area contributed by atoms with E-state index in [9.17, 15) is 32.7 Å². The van der Waals surface area contributed by atoms with Crippen LogP contribution in [0, 0.1) is 5.92 Å². The van der Waals surface area contributed by atoms with Crippen molar-refractivity contribution in [3.63, 3.8) is 0 Å². The molecule has 5 aromatic rings. The van der Waals surface area contributed by atoms with Gasteiger partial charge in [-0.2, -0.15) is 18.3 Å². The Bertz CT molecular complexity index is 2680. The summed E-state index contributed by atoms with van der Waals surface area (Å²) < 4.78 is 53.0. The van der Waals surface area contributed by atoms with Gasteiger partial charge in [-0.25, -0.2) is 9.48 Å². The molecule has 0 radical (unpaired) electrons. The highest BCUT2D eigenvalue weighted by Crippen LogP contribution is 2.40. The average molecular weight is 937 g/mol. The van der Waals surface area contributed by atoms with Crippen LogP contribution in [0.5, 0.6) is 11.5 Å². The van der Waals surface area contributed by atoms with Crippen molar-refractivity contribution in [2.75, 3.05) is 86.6 Å². The van der Waals surface area contributed by atoms with Crippen LogP contribution in [0.1, 0.15) is 58.1 Å². The second-order valence-corrected chi connectivity index (χ2v) is 17.6. The molecule has 3 saturated heterocycles. The molecule has 16 nitrogen and oxygen atoms in total. The van der Waals surface area contributed by atoms with Gasteiger partial charge in [0.05, 0.1) is 19.8 Å². The van der Waals surface area contributed by atoms with Gasteiger partial charge in [-0.1, -0.05) is 6.07 Å². The number of nitrogens with two attached hydrogens (primary N) is 1. The van der Waals surface area contributed by atoms with Crippen molar-refractivity contribution in [1.82, 2.24) is 25.3 Å². The van der Waals surface area contributed by atoms with Crippen LogP contribution < -0.4 is 45.9 Å². The fraction of sp³-hybridized carbons (Fsp3) is 0.388. The Morgan fingerprint density at radius 2 is 1.53 bits per heavy atom. The van der Waals surface area contributed by atoms with Gasteiger partial charge in [-0.05, 0) is 109 Å². The summed E-state index contributed by atoms with van der Waals surface area (Å²) in [7, 11) is 2.80. The van der Waals surface area contributed by atoms with Crippen molar-refractivity contribution in [2.45, 2.75) is 51.2 Å². The fourth-order valence-corrected chi connectivity index (χ4v) is 9.70. The minimum Gasteiger partial charge on any atom is -0.496 e. The third kappa shape index (κ3) is 9.77. The summed E-state index contributed by atoms with van der Waals surface area (Å²) in [5.74, 6) is 0.682. The molecule has 1 aromatic heterocycles. The van der Waals surface area contributed by atoms with Gasteiger partial charge in [0.1, 0.15) is 34.8 Å². The van der Waals surface area contributed by atoms with Crippen LogP contribution in [-0.2, 0) is 30.5 Å². The molecule has 6 N–H and O–H groups in total. The van der Waals surface area contributed by atoms with Gasteiger partial charge in [-0.15, -0.1) is 0 Å². The summed E-state index contributed by atoms with van der Waals surface area (Å²) in [6.45, 7) is 7.76. The maximum absolute atomic E-state index is 13.4. The Balaban J connectivity index is 0.796. The number of hydrogen-bond acceptors (Lipinski definition) is 12. The number of aromatic nitrogens is 2. The van der Waals surface area contributed by atoms with E-state index in [1.54, 1.807) is 27.8 Å². The van der Waals surface area contributed by atoms with Crippen LogP contribution in [0.25, 0.3) is 11.3 Å². The Kier molecular flexibility index (Phi) is 13.2. The van der Waals surface area contributed by atoms with Crippen LogP contribution in [0.4, 0.5) is 46.5 Å². The lowest BCUT2D eigenvalue weighted by Crippen LogP contribution is -2.49. The molecule has 5 heterocycles. The van der Waals surface area contributed by atoms with E-state index in [1.165, 1.54) is 20.3 Å². The first-order chi connectivity index (χ1) is 32.8. The number of carbonyl (C=O) groups is 3. The summed E-state index contributed by atoms with van der Waals surface area (Å²) in [4.78, 5) is 46.0. The SMILES string of the molecule is COc1cc(CNC(O)c2cc(C(F)(F)F)ccc2OC)ccc1-c1nn2c(c1C(N)=O)Nc1ccc(N3CCN(CC4CCN(c5ccc(N6CCC(=O)NC6=O)cc5)CC4)CC3)cc1CC2. The lowest BCUT2D eigenvalue weighted by Gasteiger charge is -2.40. The second kappa shape index (κ2) is 19.4. The zero-order valence-corrected chi connectivity index (χ0v) is 37.9. The van der Waals surface area contributed by atoms with Crippen LogP contribution in [-0.4, -0.2) is 104 Å². The van der Waals surface area contributed by atoms with Gasteiger partial charge in [0.25, 0.3) is 5.91 Å². The van der Waals surface area contributed by atoms with E-state index in [0.717, 1.165) is 99.1 Å². The first-order valence-electron chi connectivity index (χ1n) is 22.8. The lowest BCUT2D eigenvalue weighted by molar-refractivity contribution is -0.137. The fourth-order valence-electron chi connectivity index (χ4n) is 9.70. The number of halogens is 3. The number of hydrogen-bond donors (Lipinski definition) is 5. The van der Waals surface area contributed by atoms with Crippen molar-refractivity contribution in [2.24, 2.45) is 11.7 Å². The monoisotopic (exact) mass is 936 g/mol. The number of fused-ring (bicyclic) bond motifs is 2. The quantitative estimate of drug-likeness (QED) is 0.0839. The predicted octanol–water partition coefficient (Wildman–Crippen LogP) is 6.25. The van der Waals surface area contributed by atoms with E-state index in [4.69, 9.17) is 20.3 Å². The van der Waals surface area contributed by atoms with E-state index in [0.29, 0.717) is 60.2 Å². The number of alkyl halides is 3. The van der Waals surface area contributed by atoms with Crippen molar-refractivity contribution >= 4 is 46.4 Å². The number of urea groups is 1. The Morgan fingerprint density at radius 3 is 2.22 bits per heavy atom. The highest BCUT2D eigenvalue weighted by atomic mass is 19.4. The topological polar surface area (TPSA) is 183 Å². The van der Waals surface area contributed by atoms with Crippen LogP contribution in [0.15, 0.2) is 78.9 Å². The number of aliphatic hydroxyl groups is 1. The number of ether oxygens (including phenoxy) is 2. The molecule has 4 aliphatic rings. The van der Waals surface area contributed by atoms with Gasteiger partial charge < -0.3 is 35.4 Å². The highest BCUT2D eigenvalue weighted by Gasteiger charge is 2.33. The molecule has 0 bridgehead atoms. The zero-order valence-electron chi connectivity index (χ0n) is 37.9. The lowest BCUT2D eigenvalue weighted by atomic mass is 9.95. The highest BCUT2D eigenvalue weighted by molar-refractivity contribution is 6.06. The summed E-state index contributed by atoms with van der Waals surface area (Å²) in [5.41, 5.74) is 11.8. The van der Waals surface area contributed by atoms with Crippen molar-refractivity contribution in [3.05, 3.63) is 107 Å². The maximum atomic E-state index is 13.4. The predicted molar refractivity (Wildman–Crippen MR) is 251 cm³/mol. The van der Waals surface area contributed by atoms with Gasteiger partial charge in [0, 0.05) is 106 Å². The molecular weight excluding hydrogens is 882 g/mol. The van der Waals surface area contributed by atoms with E-state index in [-0.39, 0.29) is 35.4 Å². The van der Waals surface area contributed by atoms with Gasteiger partial charge in [0.15, 0.2) is 0 Å². The normalized spacial score (nSPS) is 17.5. The molecule has 3 fully saturated rings. The number of benzene rings is 4. The van der Waals surface area contributed by atoms with E-state index >= 15 is 0 Å². The minimum absolute atomic E-state index is 0.0598. The standard InChI is InChI=1S/C49H55F3N10O6/c1-67-40-12-4-33(49(50,51)52)27-38(40)47(65)54-28-31-3-10-37(41(25-31)68-2)44-43(45(53)64)46-55-39-11-9-36(26-32(39)15-20-62(46)57-44)60-23-21-58(22-24-60)29-30-13-17-59(18-14-30)34-5-7-35(8-6-34)61-19-16-42(63)56-48(61)66/h3-12,25-27,30,47,54-55,65H,13-24,28-29H2,1-2H3,(H2,53,64)(H,56,63,66). The summed E-state index contributed by atoms with van der Waals surface area (Å²) >= 11 is 0.